The molecule has 0 aromatic heterocycles. The lowest BCUT2D eigenvalue weighted by Crippen LogP contribution is -2.63. The summed E-state index contributed by atoms with van der Waals surface area (Å²) in [5, 5.41) is 25.7. The summed E-state index contributed by atoms with van der Waals surface area (Å²) in [7, 11) is 0. The number of nitrogens with one attached hydrogen (secondary N) is 2. The van der Waals surface area contributed by atoms with Crippen LogP contribution in [0.5, 0.6) is 0 Å². The standard InChI is InChI=1S/C21H36F3N3O9/c1-2-32-7-8-34-11-12-35-10-9-33-6-4-25-20(31)26-13-15-17(28)18(29)16-14(36-15)3-5-27(16)19(30)21(22,23)24/h14-18,28-29H,2-13H2,1H3,(H2,25,26,31)/t14?,15-,16?,17+,18-/m1/s1. The second-order valence-electron chi connectivity index (χ2n) is 8.14. The van der Waals surface area contributed by atoms with Crippen LogP contribution in [0.4, 0.5) is 18.0 Å². The number of alkyl halides is 3. The first-order valence-corrected chi connectivity index (χ1v) is 11.9. The van der Waals surface area contributed by atoms with Crippen molar-refractivity contribution in [1.82, 2.24) is 15.5 Å². The van der Waals surface area contributed by atoms with Crippen molar-refractivity contribution >= 4 is 11.9 Å². The van der Waals surface area contributed by atoms with E-state index in [9.17, 15) is 33.0 Å². The van der Waals surface area contributed by atoms with E-state index in [1.807, 2.05) is 6.92 Å². The molecule has 2 saturated heterocycles. The van der Waals surface area contributed by atoms with Gasteiger partial charge in [-0.25, -0.2) is 4.79 Å². The van der Waals surface area contributed by atoms with Crippen LogP contribution in [0.25, 0.3) is 0 Å². The number of rotatable bonds is 15. The van der Waals surface area contributed by atoms with Crippen molar-refractivity contribution in [1.29, 1.82) is 0 Å². The monoisotopic (exact) mass is 531 g/mol. The predicted molar refractivity (Wildman–Crippen MR) is 117 cm³/mol. The third-order valence-electron chi connectivity index (χ3n) is 5.64. The Morgan fingerprint density at radius 2 is 1.53 bits per heavy atom. The van der Waals surface area contributed by atoms with Gasteiger partial charge in [-0.1, -0.05) is 0 Å². The molecule has 2 aliphatic heterocycles. The van der Waals surface area contributed by atoms with Gasteiger partial charge < -0.3 is 49.4 Å². The number of amides is 3. The zero-order chi connectivity index (χ0) is 26.6. The zero-order valence-electron chi connectivity index (χ0n) is 20.2. The van der Waals surface area contributed by atoms with Gasteiger partial charge in [0.2, 0.25) is 0 Å². The summed E-state index contributed by atoms with van der Waals surface area (Å²) in [6.45, 7) is 5.18. The predicted octanol–water partition coefficient (Wildman–Crippen LogP) is -0.976. The molecule has 5 atom stereocenters. The molecule has 15 heteroatoms. The summed E-state index contributed by atoms with van der Waals surface area (Å²) in [5.41, 5.74) is 0. The number of aliphatic hydroxyl groups is 2. The van der Waals surface area contributed by atoms with Gasteiger partial charge in [-0.3, -0.25) is 4.79 Å². The first kappa shape index (κ1) is 30.5. The summed E-state index contributed by atoms with van der Waals surface area (Å²) in [6.07, 6.45) is -10.2. The summed E-state index contributed by atoms with van der Waals surface area (Å²) in [5.74, 6) is -2.09. The molecular formula is C21H36F3N3O9. The first-order valence-electron chi connectivity index (χ1n) is 11.9. The number of carbonyl (C=O) groups is 2. The molecule has 12 nitrogen and oxygen atoms in total. The van der Waals surface area contributed by atoms with E-state index in [0.717, 1.165) is 0 Å². The molecule has 0 radical (unpaired) electrons. The van der Waals surface area contributed by atoms with Crippen LogP contribution < -0.4 is 10.6 Å². The van der Waals surface area contributed by atoms with E-state index >= 15 is 0 Å². The minimum atomic E-state index is -5.09. The number of urea groups is 1. The van der Waals surface area contributed by atoms with Crippen LogP contribution in [-0.2, 0) is 28.5 Å². The minimum Gasteiger partial charge on any atom is -0.388 e. The highest BCUT2D eigenvalue weighted by atomic mass is 19.4. The van der Waals surface area contributed by atoms with Gasteiger partial charge in [0.25, 0.3) is 0 Å². The number of ether oxygens (including phenoxy) is 5. The molecule has 0 aromatic rings. The second kappa shape index (κ2) is 15.5. The minimum absolute atomic E-state index is 0.0704. The van der Waals surface area contributed by atoms with E-state index in [1.165, 1.54) is 0 Å². The van der Waals surface area contributed by atoms with Gasteiger partial charge in [0.1, 0.15) is 18.3 Å². The van der Waals surface area contributed by atoms with E-state index < -0.39 is 48.6 Å². The maximum atomic E-state index is 12.8. The van der Waals surface area contributed by atoms with Gasteiger partial charge in [0.15, 0.2) is 0 Å². The molecule has 36 heavy (non-hydrogen) atoms. The molecule has 3 amide bonds. The van der Waals surface area contributed by atoms with Crippen LogP contribution in [0.2, 0.25) is 0 Å². The largest absolute Gasteiger partial charge is 0.471 e. The number of fused-ring (bicyclic) bond motifs is 1. The maximum Gasteiger partial charge on any atom is 0.471 e. The van der Waals surface area contributed by atoms with E-state index in [4.69, 9.17) is 23.7 Å². The van der Waals surface area contributed by atoms with E-state index in [-0.39, 0.29) is 32.7 Å². The van der Waals surface area contributed by atoms with Crippen LogP contribution in [0, 0.1) is 0 Å². The van der Waals surface area contributed by atoms with Gasteiger partial charge in [0.05, 0.1) is 58.4 Å². The number of likely N-dealkylation sites (tertiary alicyclic amines) is 1. The SMILES string of the molecule is CCOCCOCCOCCOCCNC(=O)NC[C@H]1OC2CCN(C(=O)C(F)(F)F)C2[C@@H](O)[C@H]1O. The fourth-order valence-electron chi connectivity index (χ4n) is 3.93. The van der Waals surface area contributed by atoms with Crippen LogP contribution >= 0.6 is 0 Å². The number of nitrogens with zero attached hydrogens (tertiary/aromatic N) is 1. The van der Waals surface area contributed by atoms with Crippen molar-refractivity contribution in [3.63, 3.8) is 0 Å². The Balaban J connectivity index is 1.55. The molecule has 0 saturated carbocycles. The van der Waals surface area contributed by atoms with Crippen molar-refractivity contribution in [3.8, 4) is 0 Å². The molecule has 2 unspecified atom stereocenters. The molecule has 0 aromatic carbocycles. The van der Waals surface area contributed by atoms with Crippen molar-refractivity contribution in [2.24, 2.45) is 0 Å². The Labute approximate surface area is 207 Å². The molecule has 2 fully saturated rings. The topological polar surface area (TPSA) is 148 Å². The highest BCUT2D eigenvalue weighted by Crippen LogP contribution is 2.34. The zero-order valence-corrected chi connectivity index (χ0v) is 20.2. The lowest BCUT2D eigenvalue weighted by molar-refractivity contribution is -0.207. The lowest BCUT2D eigenvalue weighted by Gasteiger charge is -2.42. The van der Waals surface area contributed by atoms with Gasteiger partial charge in [-0.2, -0.15) is 13.2 Å². The van der Waals surface area contributed by atoms with Gasteiger partial charge in [-0.05, 0) is 13.3 Å². The maximum absolute atomic E-state index is 12.8. The fourth-order valence-corrected chi connectivity index (χ4v) is 3.93. The quantitative estimate of drug-likeness (QED) is 0.196. The van der Waals surface area contributed by atoms with Gasteiger partial charge in [0, 0.05) is 26.2 Å². The first-order chi connectivity index (χ1) is 17.2. The van der Waals surface area contributed by atoms with Crippen molar-refractivity contribution in [3.05, 3.63) is 0 Å². The second-order valence-corrected chi connectivity index (χ2v) is 8.14. The molecule has 2 rings (SSSR count). The van der Waals surface area contributed by atoms with E-state index in [1.54, 1.807) is 0 Å². The molecule has 4 N–H and O–H groups in total. The van der Waals surface area contributed by atoms with E-state index in [2.05, 4.69) is 10.6 Å². The molecule has 0 aliphatic carbocycles. The molecule has 0 bridgehead atoms. The highest BCUT2D eigenvalue weighted by Gasteiger charge is 2.55. The Kier molecular flexibility index (Phi) is 13.1. The Morgan fingerprint density at radius 1 is 0.944 bits per heavy atom. The third-order valence-corrected chi connectivity index (χ3v) is 5.64. The Hall–Kier alpha value is -1.75. The van der Waals surface area contributed by atoms with Gasteiger partial charge in [-0.15, -0.1) is 0 Å². The smallest absolute Gasteiger partial charge is 0.388 e. The number of hydrogen-bond donors (Lipinski definition) is 4. The van der Waals surface area contributed by atoms with E-state index in [0.29, 0.717) is 51.1 Å². The third kappa shape index (κ3) is 9.61. The average Bonchev–Trinajstić information content (AvgIpc) is 3.26. The molecule has 2 heterocycles. The summed E-state index contributed by atoms with van der Waals surface area (Å²) in [6, 6.07) is -1.89. The van der Waals surface area contributed by atoms with Crippen molar-refractivity contribution in [2.45, 2.75) is 50.0 Å². The van der Waals surface area contributed by atoms with Crippen molar-refractivity contribution in [2.75, 3.05) is 72.5 Å². The number of halogens is 3. The lowest BCUT2D eigenvalue weighted by atomic mass is 9.93. The van der Waals surface area contributed by atoms with Crippen LogP contribution in [-0.4, -0.2) is 136 Å². The molecule has 0 spiro atoms. The van der Waals surface area contributed by atoms with Crippen LogP contribution in [0.3, 0.4) is 0 Å². The fraction of sp³-hybridized carbons (Fsp3) is 0.905. The average molecular weight is 532 g/mol. The molecular weight excluding hydrogens is 495 g/mol. The number of hydrogen-bond acceptors (Lipinski definition) is 9. The summed E-state index contributed by atoms with van der Waals surface area (Å²) >= 11 is 0. The van der Waals surface area contributed by atoms with Crippen molar-refractivity contribution < 1.29 is 56.7 Å². The normalized spacial score (nSPS) is 26.1. The number of aliphatic hydroxyl groups excluding tert-OH is 2. The van der Waals surface area contributed by atoms with Crippen LogP contribution in [0.15, 0.2) is 0 Å². The highest BCUT2D eigenvalue weighted by molar-refractivity contribution is 5.82. The Morgan fingerprint density at radius 3 is 2.11 bits per heavy atom. The van der Waals surface area contributed by atoms with Crippen LogP contribution in [0.1, 0.15) is 13.3 Å². The molecule has 2 aliphatic rings. The Bertz CT molecular complexity index is 674. The summed E-state index contributed by atoms with van der Waals surface area (Å²) < 4.78 is 65.1. The number of carbonyl (C=O) groups excluding carboxylic acids is 2. The molecule has 210 valence electrons. The van der Waals surface area contributed by atoms with Gasteiger partial charge >= 0.3 is 18.1 Å². The summed E-state index contributed by atoms with van der Waals surface area (Å²) in [4.78, 5) is 24.0.